The summed E-state index contributed by atoms with van der Waals surface area (Å²) in [5.41, 5.74) is 4.27. The molecule has 6 nitrogen and oxygen atoms in total. The lowest BCUT2D eigenvalue weighted by atomic mass is 9.88. The van der Waals surface area contributed by atoms with Crippen LogP contribution in [0.4, 0.5) is 0 Å². The molecule has 1 aliphatic rings. The fourth-order valence-corrected chi connectivity index (χ4v) is 1.71. The van der Waals surface area contributed by atoms with Gasteiger partial charge in [0.25, 0.3) is 0 Å². The Kier molecular flexibility index (Phi) is 4.32. The van der Waals surface area contributed by atoms with E-state index in [0.29, 0.717) is 26.2 Å². The first kappa shape index (κ1) is 14.5. The Morgan fingerprint density at radius 3 is 1.89 bits per heavy atom. The van der Waals surface area contributed by atoms with Crippen LogP contribution < -0.4 is 5.73 Å². The topological polar surface area (TPSA) is 83.7 Å². The standard InChI is InChI=1S/C12H20N3O3/c1-9(16)14-4-6-15(7-5-14)10(17)8-12(2,3)11(13)18/h8H,4-7H2,1-3H3,(H2,13,18). The predicted octanol–water partition coefficient (Wildman–Crippen LogP) is -0.607. The summed E-state index contributed by atoms with van der Waals surface area (Å²) >= 11 is 0. The number of nitrogens with zero attached hydrogens (tertiary/aromatic N) is 2. The van der Waals surface area contributed by atoms with Gasteiger partial charge in [0, 0.05) is 33.1 Å². The van der Waals surface area contributed by atoms with E-state index in [1.54, 1.807) is 23.6 Å². The van der Waals surface area contributed by atoms with E-state index in [1.807, 2.05) is 0 Å². The largest absolute Gasteiger partial charge is 0.369 e. The summed E-state index contributed by atoms with van der Waals surface area (Å²) in [5.74, 6) is -0.719. The van der Waals surface area contributed by atoms with Crippen molar-refractivity contribution in [2.45, 2.75) is 20.8 Å². The lowest BCUT2D eigenvalue weighted by Gasteiger charge is -2.35. The number of carbonyl (C=O) groups excluding carboxylic acids is 3. The number of hydrogen-bond donors (Lipinski definition) is 1. The van der Waals surface area contributed by atoms with Gasteiger partial charge in [-0.2, -0.15) is 0 Å². The number of nitrogens with two attached hydrogens (primary N) is 1. The molecule has 101 valence electrons. The highest BCUT2D eigenvalue weighted by Crippen LogP contribution is 2.20. The van der Waals surface area contributed by atoms with E-state index in [4.69, 9.17) is 5.73 Å². The highest BCUT2D eigenvalue weighted by atomic mass is 16.2. The average molecular weight is 254 g/mol. The van der Waals surface area contributed by atoms with E-state index in [0.717, 1.165) is 0 Å². The molecule has 1 saturated heterocycles. The molecule has 1 heterocycles. The van der Waals surface area contributed by atoms with Gasteiger partial charge in [0.1, 0.15) is 0 Å². The molecule has 1 radical (unpaired) electrons. The van der Waals surface area contributed by atoms with Crippen LogP contribution >= 0.6 is 0 Å². The van der Waals surface area contributed by atoms with Gasteiger partial charge in [-0.15, -0.1) is 0 Å². The molecule has 1 fully saturated rings. The average Bonchev–Trinajstić information content (AvgIpc) is 2.28. The van der Waals surface area contributed by atoms with E-state index in [-0.39, 0.29) is 11.8 Å². The number of piperazine rings is 1. The number of rotatable bonds is 3. The second-order valence-electron chi connectivity index (χ2n) is 5.06. The summed E-state index contributed by atoms with van der Waals surface area (Å²) in [7, 11) is 0. The Bertz CT molecular complexity index is 358. The van der Waals surface area contributed by atoms with E-state index in [2.05, 4.69) is 0 Å². The van der Waals surface area contributed by atoms with E-state index >= 15 is 0 Å². The molecule has 0 aliphatic carbocycles. The third-order valence-electron chi connectivity index (χ3n) is 3.16. The molecule has 0 aromatic heterocycles. The lowest BCUT2D eigenvalue weighted by Crippen LogP contribution is -2.51. The van der Waals surface area contributed by atoms with E-state index in [1.165, 1.54) is 13.3 Å². The van der Waals surface area contributed by atoms with Crippen LogP contribution in [-0.2, 0) is 14.4 Å². The quantitative estimate of drug-likeness (QED) is 0.729. The van der Waals surface area contributed by atoms with Crippen molar-refractivity contribution in [1.82, 2.24) is 9.80 Å². The van der Waals surface area contributed by atoms with Crippen molar-refractivity contribution in [1.29, 1.82) is 0 Å². The Hall–Kier alpha value is -1.59. The zero-order valence-corrected chi connectivity index (χ0v) is 11.1. The molecule has 2 N–H and O–H groups in total. The van der Waals surface area contributed by atoms with Gasteiger partial charge < -0.3 is 15.5 Å². The van der Waals surface area contributed by atoms with Gasteiger partial charge in [-0.25, -0.2) is 0 Å². The van der Waals surface area contributed by atoms with Crippen LogP contribution in [0.3, 0.4) is 0 Å². The van der Waals surface area contributed by atoms with Crippen LogP contribution in [0.25, 0.3) is 0 Å². The number of amides is 3. The van der Waals surface area contributed by atoms with Gasteiger partial charge in [0.2, 0.25) is 17.7 Å². The SMILES string of the molecule is CC(=O)N1CCN(C(=O)[CH]C(C)(C)C(N)=O)CC1. The van der Waals surface area contributed by atoms with Crippen LogP contribution in [0.5, 0.6) is 0 Å². The van der Waals surface area contributed by atoms with Crippen LogP contribution in [0, 0.1) is 11.8 Å². The minimum absolute atomic E-state index is 0.0172. The summed E-state index contributed by atoms with van der Waals surface area (Å²) < 4.78 is 0. The van der Waals surface area contributed by atoms with Crippen molar-refractivity contribution in [2.24, 2.45) is 11.1 Å². The first-order valence-electron chi connectivity index (χ1n) is 5.94. The van der Waals surface area contributed by atoms with Crippen molar-refractivity contribution in [3.63, 3.8) is 0 Å². The molecule has 0 atom stereocenters. The van der Waals surface area contributed by atoms with Crippen molar-refractivity contribution in [2.75, 3.05) is 26.2 Å². The molecule has 6 heteroatoms. The van der Waals surface area contributed by atoms with Gasteiger partial charge in [0.15, 0.2) is 0 Å². The Balaban J connectivity index is 2.51. The second-order valence-corrected chi connectivity index (χ2v) is 5.06. The normalized spacial score (nSPS) is 16.6. The molecule has 0 saturated carbocycles. The smallest absolute Gasteiger partial charge is 0.227 e. The molecule has 1 aliphatic heterocycles. The monoisotopic (exact) mass is 254 g/mol. The van der Waals surface area contributed by atoms with Crippen molar-refractivity contribution in [3.05, 3.63) is 6.42 Å². The molecule has 0 spiro atoms. The molecule has 0 aromatic carbocycles. The number of carbonyl (C=O) groups is 3. The second kappa shape index (κ2) is 5.37. The summed E-state index contributed by atoms with van der Waals surface area (Å²) in [6.07, 6.45) is 1.35. The Morgan fingerprint density at radius 1 is 1.06 bits per heavy atom. The summed E-state index contributed by atoms with van der Waals surface area (Å²) in [6, 6.07) is 0. The van der Waals surface area contributed by atoms with E-state index in [9.17, 15) is 14.4 Å². The fourth-order valence-electron chi connectivity index (χ4n) is 1.71. The molecule has 0 bridgehead atoms. The summed E-state index contributed by atoms with van der Waals surface area (Å²) in [5, 5.41) is 0. The summed E-state index contributed by atoms with van der Waals surface area (Å²) in [4.78, 5) is 37.6. The maximum absolute atomic E-state index is 12.0. The molecule has 18 heavy (non-hydrogen) atoms. The molecule has 0 unspecified atom stereocenters. The Labute approximate surface area is 107 Å². The van der Waals surface area contributed by atoms with Crippen molar-refractivity contribution in [3.8, 4) is 0 Å². The van der Waals surface area contributed by atoms with Crippen molar-refractivity contribution < 1.29 is 14.4 Å². The third-order valence-corrected chi connectivity index (χ3v) is 3.16. The maximum atomic E-state index is 12.0. The third kappa shape index (κ3) is 3.45. The van der Waals surface area contributed by atoms with Crippen LogP contribution in [0.1, 0.15) is 20.8 Å². The highest BCUT2D eigenvalue weighted by molar-refractivity contribution is 5.94. The van der Waals surface area contributed by atoms with E-state index < -0.39 is 11.3 Å². The number of hydrogen-bond acceptors (Lipinski definition) is 3. The van der Waals surface area contributed by atoms with Gasteiger partial charge in [-0.3, -0.25) is 14.4 Å². The first-order chi connectivity index (χ1) is 8.24. The zero-order valence-electron chi connectivity index (χ0n) is 11.1. The lowest BCUT2D eigenvalue weighted by molar-refractivity contribution is -0.138. The highest BCUT2D eigenvalue weighted by Gasteiger charge is 2.32. The van der Waals surface area contributed by atoms with Crippen LogP contribution in [0.15, 0.2) is 0 Å². The first-order valence-corrected chi connectivity index (χ1v) is 5.94. The Morgan fingerprint density at radius 2 is 1.50 bits per heavy atom. The molecule has 3 amide bonds. The van der Waals surface area contributed by atoms with Crippen LogP contribution in [-0.4, -0.2) is 53.7 Å². The van der Waals surface area contributed by atoms with Crippen LogP contribution in [0.2, 0.25) is 0 Å². The molecule has 0 aromatic rings. The zero-order chi connectivity index (χ0) is 13.9. The molecular weight excluding hydrogens is 234 g/mol. The van der Waals surface area contributed by atoms with Gasteiger partial charge in [-0.05, 0) is 0 Å². The minimum Gasteiger partial charge on any atom is -0.369 e. The predicted molar refractivity (Wildman–Crippen MR) is 66.1 cm³/mol. The number of primary amides is 1. The maximum Gasteiger partial charge on any atom is 0.227 e. The summed E-state index contributed by atoms with van der Waals surface area (Å²) in [6.45, 7) is 6.78. The molecule has 1 rings (SSSR count). The molecular formula is C12H20N3O3. The fraction of sp³-hybridized carbons (Fsp3) is 0.667. The van der Waals surface area contributed by atoms with Gasteiger partial charge in [0.05, 0.1) is 11.8 Å². The minimum atomic E-state index is -0.950. The van der Waals surface area contributed by atoms with Gasteiger partial charge >= 0.3 is 0 Å². The van der Waals surface area contributed by atoms with Gasteiger partial charge in [-0.1, -0.05) is 13.8 Å². The van der Waals surface area contributed by atoms with Crippen molar-refractivity contribution >= 4 is 17.7 Å².